The number of benzene rings is 1. The monoisotopic (exact) mass is 510 g/mol. The van der Waals surface area contributed by atoms with Crippen LogP contribution in [0.15, 0.2) is 36.5 Å². The Morgan fingerprint density at radius 3 is 2.76 bits per heavy atom. The van der Waals surface area contributed by atoms with Gasteiger partial charge >= 0.3 is 0 Å². The Kier molecular flexibility index (Phi) is 5.88. The third kappa shape index (κ3) is 4.29. The molecule has 4 aromatic rings. The van der Waals surface area contributed by atoms with Crippen molar-refractivity contribution in [3.05, 3.63) is 59.3 Å². The molecule has 1 aliphatic carbocycles. The SMILES string of the molecule is CC(C)c1c2cc(-c3nc(Nc4ccc5c(n4)CCN(C4CC(C)(C#N)C4)C5)ncc3F)ccc2nn1C. The normalized spacial score (nSPS) is 21.2. The van der Waals surface area contributed by atoms with E-state index in [1.807, 2.05) is 42.9 Å². The summed E-state index contributed by atoms with van der Waals surface area (Å²) in [6.45, 7) is 8.07. The number of aryl methyl sites for hydroxylation is 1. The van der Waals surface area contributed by atoms with Crippen molar-refractivity contribution in [3.63, 3.8) is 0 Å². The molecular formula is C29H31FN8. The molecule has 1 aliphatic heterocycles. The van der Waals surface area contributed by atoms with Crippen LogP contribution in [0, 0.1) is 22.6 Å². The Bertz CT molecular complexity index is 1580. The van der Waals surface area contributed by atoms with E-state index in [1.165, 1.54) is 11.8 Å². The summed E-state index contributed by atoms with van der Waals surface area (Å²) in [6.07, 6.45) is 3.92. The van der Waals surface area contributed by atoms with Gasteiger partial charge in [0, 0.05) is 54.9 Å². The van der Waals surface area contributed by atoms with E-state index in [9.17, 15) is 9.65 Å². The molecule has 0 radical (unpaired) electrons. The first-order chi connectivity index (χ1) is 18.2. The van der Waals surface area contributed by atoms with E-state index in [0.29, 0.717) is 23.4 Å². The smallest absolute Gasteiger partial charge is 0.229 e. The fraction of sp³-hybridized carbons (Fsp3) is 0.414. The van der Waals surface area contributed by atoms with Crippen LogP contribution >= 0.6 is 0 Å². The summed E-state index contributed by atoms with van der Waals surface area (Å²) in [4.78, 5) is 16.0. The Balaban J connectivity index is 1.22. The van der Waals surface area contributed by atoms with Crippen LogP contribution in [0.1, 0.15) is 56.5 Å². The molecule has 1 aromatic carbocycles. The van der Waals surface area contributed by atoms with Crippen molar-refractivity contribution < 1.29 is 4.39 Å². The van der Waals surface area contributed by atoms with Gasteiger partial charge in [-0.2, -0.15) is 10.4 Å². The largest absolute Gasteiger partial charge is 0.309 e. The Morgan fingerprint density at radius 2 is 2.00 bits per heavy atom. The molecule has 9 heteroatoms. The lowest BCUT2D eigenvalue weighted by Crippen LogP contribution is -2.50. The maximum Gasteiger partial charge on any atom is 0.229 e. The number of aromatic nitrogens is 5. The van der Waals surface area contributed by atoms with E-state index in [4.69, 9.17) is 4.98 Å². The molecule has 3 aromatic heterocycles. The second-order valence-electron chi connectivity index (χ2n) is 11.2. The molecule has 194 valence electrons. The second-order valence-corrected chi connectivity index (χ2v) is 11.2. The number of halogens is 1. The number of hydrogen-bond acceptors (Lipinski definition) is 7. The minimum Gasteiger partial charge on any atom is -0.309 e. The Morgan fingerprint density at radius 1 is 1.18 bits per heavy atom. The quantitative estimate of drug-likeness (QED) is 0.380. The van der Waals surface area contributed by atoms with Gasteiger partial charge in [-0.1, -0.05) is 26.0 Å². The topological polar surface area (TPSA) is 95.6 Å². The standard InChI is InChI=1S/C29H31FN8/c1-17(2)27-21-11-18(5-7-24(21)36-37(27)4)26-22(30)14-32-28(35-26)34-25-8-6-19-15-38(10-9-23(19)33-25)20-12-29(3,13-20)16-31/h5-8,11,14,17,20H,9-10,12-13,15H2,1-4H3,(H,32,33,34,35). The van der Waals surface area contributed by atoms with Crippen molar-refractivity contribution in [2.45, 2.75) is 58.5 Å². The van der Waals surface area contributed by atoms with Gasteiger partial charge in [0.05, 0.1) is 23.2 Å². The van der Waals surface area contributed by atoms with E-state index in [1.54, 1.807) is 0 Å². The zero-order chi connectivity index (χ0) is 26.6. The summed E-state index contributed by atoms with van der Waals surface area (Å²) < 4.78 is 16.8. The summed E-state index contributed by atoms with van der Waals surface area (Å²) in [5, 5.41) is 18.1. The maximum atomic E-state index is 14.9. The van der Waals surface area contributed by atoms with Gasteiger partial charge in [-0.15, -0.1) is 0 Å². The van der Waals surface area contributed by atoms with Crippen molar-refractivity contribution in [2.75, 3.05) is 11.9 Å². The number of nitriles is 1. The summed E-state index contributed by atoms with van der Waals surface area (Å²) in [6, 6.07) is 12.6. The van der Waals surface area contributed by atoms with Gasteiger partial charge in [-0.05, 0) is 49.4 Å². The lowest BCUT2D eigenvalue weighted by Gasteiger charge is -2.47. The van der Waals surface area contributed by atoms with Crippen LogP contribution in [0.5, 0.6) is 0 Å². The van der Waals surface area contributed by atoms with Crippen molar-refractivity contribution in [2.24, 2.45) is 12.5 Å². The van der Waals surface area contributed by atoms with Crippen molar-refractivity contribution in [1.29, 1.82) is 5.26 Å². The minimum atomic E-state index is -0.480. The molecule has 38 heavy (non-hydrogen) atoms. The van der Waals surface area contributed by atoms with Gasteiger partial charge in [-0.3, -0.25) is 9.58 Å². The third-order valence-corrected chi connectivity index (χ3v) is 7.92. The van der Waals surface area contributed by atoms with Crippen LogP contribution in [0.3, 0.4) is 0 Å². The molecule has 0 unspecified atom stereocenters. The maximum absolute atomic E-state index is 14.9. The molecule has 8 nitrogen and oxygen atoms in total. The number of hydrogen-bond donors (Lipinski definition) is 1. The molecule has 0 saturated heterocycles. The van der Waals surface area contributed by atoms with Gasteiger partial charge in [0.25, 0.3) is 0 Å². The van der Waals surface area contributed by atoms with Gasteiger partial charge in [-0.25, -0.2) is 19.3 Å². The van der Waals surface area contributed by atoms with Gasteiger partial charge in [0.15, 0.2) is 5.82 Å². The van der Waals surface area contributed by atoms with Gasteiger partial charge < -0.3 is 5.32 Å². The van der Waals surface area contributed by atoms with Crippen LogP contribution in [0.4, 0.5) is 16.2 Å². The average molecular weight is 511 g/mol. The predicted molar refractivity (Wildman–Crippen MR) is 144 cm³/mol. The number of anilines is 2. The number of fused-ring (bicyclic) bond motifs is 2. The van der Waals surface area contributed by atoms with E-state index in [-0.39, 0.29) is 17.0 Å². The highest BCUT2D eigenvalue weighted by Gasteiger charge is 2.43. The van der Waals surface area contributed by atoms with Crippen LogP contribution < -0.4 is 5.32 Å². The molecule has 0 bridgehead atoms. The zero-order valence-electron chi connectivity index (χ0n) is 22.2. The first-order valence-electron chi connectivity index (χ1n) is 13.1. The Labute approximate surface area is 221 Å². The molecule has 0 amide bonds. The first kappa shape index (κ1) is 24.4. The highest BCUT2D eigenvalue weighted by Crippen LogP contribution is 2.44. The van der Waals surface area contributed by atoms with E-state index >= 15 is 0 Å². The second kappa shape index (κ2) is 9.14. The molecule has 1 saturated carbocycles. The van der Waals surface area contributed by atoms with Crippen LogP contribution in [-0.2, 0) is 20.0 Å². The average Bonchev–Trinajstić information content (AvgIpc) is 3.22. The third-order valence-electron chi connectivity index (χ3n) is 7.92. The van der Waals surface area contributed by atoms with Crippen molar-refractivity contribution in [1.82, 2.24) is 29.6 Å². The van der Waals surface area contributed by atoms with Crippen molar-refractivity contribution in [3.8, 4) is 17.3 Å². The highest BCUT2D eigenvalue weighted by atomic mass is 19.1. The van der Waals surface area contributed by atoms with Crippen LogP contribution in [0.2, 0.25) is 0 Å². The predicted octanol–water partition coefficient (Wildman–Crippen LogP) is 5.48. The van der Waals surface area contributed by atoms with Crippen molar-refractivity contribution >= 4 is 22.7 Å². The fourth-order valence-corrected chi connectivity index (χ4v) is 5.94. The number of rotatable bonds is 5. The first-order valence-corrected chi connectivity index (χ1v) is 13.1. The van der Waals surface area contributed by atoms with Gasteiger partial charge in [0.2, 0.25) is 5.95 Å². The zero-order valence-corrected chi connectivity index (χ0v) is 22.2. The molecular weight excluding hydrogens is 479 g/mol. The molecule has 0 atom stereocenters. The summed E-state index contributed by atoms with van der Waals surface area (Å²) >= 11 is 0. The molecule has 4 heterocycles. The van der Waals surface area contributed by atoms with E-state index < -0.39 is 5.82 Å². The molecule has 2 aliphatic rings. The summed E-state index contributed by atoms with van der Waals surface area (Å²) in [5.74, 6) is 0.736. The van der Waals surface area contributed by atoms with Crippen LogP contribution in [-0.4, -0.2) is 42.2 Å². The van der Waals surface area contributed by atoms with Gasteiger partial charge in [0.1, 0.15) is 11.5 Å². The van der Waals surface area contributed by atoms with Crippen LogP contribution in [0.25, 0.3) is 22.2 Å². The molecule has 1 fully saturated rings. The minimum absolute atomic E-state index is 0.175. The molecule has 0 spiro atoms. The molecule has 1 N–H and O–H groups in total. The number of pyridine rings is 1. The highest BCUT2D eigenvalue weighted by molar-refractivity contribution is 5.86. The lowest BCUT2D eigenvalue weighted by atomic mass is 9.67. The lowest BCUT2D eigenvalue weighted by molar-refractivity contribution is 0.0389. The number of nitrogens with zero attached hydrogens (tertiary/aromatic N) is 7. The summed E-state index contributed by atoms with van der Waals surface area (Å²) in [7, 11) is 1.93. The molecule has 6 rings (SSSR count). The van der Waals surface area contributed by atoms with E-state index in [0.717, 1.165) is 54.6 Å². The summed E-state index contributed by atoms with van der Waals surface area (Å²) in [5.41, 5.74) is 4.98. The van der Waals surface area contributed by atoms with E-state index in [2.05, 4.69) is 51.3 Å². The number of nitrogens with one attached hydrogen (secondary N) is 1. The fourth-order valence-electron chi connectivity index (χ4n) is 5.94. The Hall–Kier alpha value is -3.90.